The van der Waals surface area contributed by atoms with Crippen LogP contribution in [0.15, 0.2) is 72.3 Å². The molecule has 4 aliphatic rings. The number of fused-ring (bicyclic) bond motifs is 4. The number of hydrogen-bond acceptors (Lipinski definition) is 7. The Morgan fingerprint density at radius 2 is 1.19 bits per heavy atom. The van der Waals surface area contributed by atoms with Crippen molar-refractivity contribution in [1.82, 2.24) is 0 Å². The van der Waals surface area contributed by atoms with Gasteiger partial charge in [0.15, 0.2) is 0 Å². The number of imide groups is 2. The van der Waals surface area contributed by atoms with Crippen LogP contribution in [0.3, 0.4) is 0 Å². The van der Waals surface area contributed by atoms with E-state index in [0.717, 1.165) is 15.4 Å². The van der Waals surface area contributed by atoms with Crippen molar-refractivity contribution >= 4 is 46.9 Å². The van der Waals surface area contributed by atoms with Crippen molar-refractivity contribution < 1.29 is 44.1 Å². The lowest BCUT2D eigenvalue weighted by Gasteiger charge is -2.44. The van der Waals surface area contributed by atoms with Gasteiger partial charge < -0.3 is 15.3 Å². The molecule has 47 heavy (non-hydrogen) atoms. The first-order chi connectivity index (χ1) is 22.4. The van der Waals surface area contributed by atoms with Crippen LogP contribution in [0.25, 0.3) is 0 Å². The van der Waals surface area contributed by atoms with Gasteiger partial charge in [-0.15, -0.1) is 0 Å². The maximum atomic E-state index is 14.3. The third kappa shape index (κ3) is 4.48. The van der Waals surface area contributed by atoms with E-state index in [2.05, 4.69) is 0 Å². The predicted octanol–water partition coefficient (Wildman–Crippen LogP) is 4.45. The molecule has 1 saturated carbocycles. The summed E-state index contributed by atoms with van der Waals surface area (Å²) in [6.07, 6.45) is 2.23. The lowest BCUT2D eigenvalue weighted by atomic mass is 9.57. The van der Waals surface area contributed by atoms with Gasteiger partial charge in [0, 0.05) is 5.92 Å². The van der Waals surface area contributed by atoms with Crippen molar-refractivity contribution in [3.05, 3.63) is 100 Å². The lowest BCUT2D eigenvalue weighted by molar-refractivity contribution is -0.126. The number of benzene rings is 3. The SMILES string of the molecule is Cc1cc(C2C3=CCC4C(=O)N(c5cccc(C(=O)O)c5)C(=O)C4C3CC3C(=O)N(c4cccc(C(=O)O)c4)C(=O)C32)cc(C)c1O. The molecule has 2 saturated heterocycles. The first-order valence-electron chi connectivity index (χ1n) is 15.3. The number of carbonyl (C=O) groups excluding carboxylic acids is 4. The molecule has 238 valence electrons. The molecule has 3 N–H and O–H groups in total. The topological polar surface area (TPSA) is 170 Å². The highest BCUT2D eigenvalue weighted by molar-refractivity contribution is 6.24. The summed E-state index contributed by atoms with van der Waals surface area (Å²) in [7, 11) is 0. The zero-order chi connectivity index (χ0) is 33.5. The van der Waals surface area contributed by atoms with Crippen LogP contribution >= 0.6 is 0 Å². The van der Waals surface area contributed by atoms with Gasteiger partial charge in [0.2, 0.25) is 23.6 Å². The number of carboxylic acid groups (broad SMARTS) is 2. The predicted molar refractivity (Wildman–Crippen MR) is 167 cm³/mol. The Labute approximate surface area is 268 Å². The molecular formula is C36H30N2O9. The van der Waals surface area contributed by atoms with Crippen LogP contribution in [-0.2, 0) is 19.2 Å². The molecule has 6 atom stereocenters. The fourth-order valence-electron chi connectivity index (χ4n) is 8.20. The Balaban J connectivity index is 1.34. The molecule has 11 heteroatoms. The van der Waals surface area contributed by atoms with Gasteiger partial charge in [0.1, 0.15) is 5.75 Å². The fraction of sp³-hybridized carbons (Fsp3) is 0.278. The van der Waals surface area contributed by atoms with E-state index < -0.39 is 71.1 Å². The number of aryl methyl sites for hydroxylation is 2. The Morgan fingerprint density at radius 1 is 0.681 bits per heavy atom. The molecular weight excluding hydrogens is 604 g/mol. The molecule has 6 unspecified atom stereocenters. The van der Waals surface area contributed by atoms with Crippen molar-refractivity contribution in [3.63, 3.8) is 0 Å². The maximum absolute atomic E-state index is 14.3. The molecule has 0 bridgehead atoms. The largest absolute Gasteiger partial charge is 0.507 e. The van der Waals surface area contributed by atoms with Crippen LogP contribution in [-0.4, -0.2) is 50.9 Å². The number of phenolic OH excluding ortho intramolecular Hbond substituents is 1. The zero-order valence-electron chi connectivity index (χ0n) is 25.4. The lowest BCUT2D eigenvalue weighted by Crippen LogP contribution is -2.43. The van der Waals surface area contributed by atoms with Crippen LogP contribution in [0, 0.1) is 43.4 Å². The summed E-state index contributed by atoms with van der Waals surface area (Å²) in [5.41, 5.74) is 2.74. The minimum Gasteiger partial charge on any atom is -0.507 e. The molecule has 0 aromatic heterocycles. The number of carbonyl (C=O) groups is 6. The summed E-state index contributed by atoms with van der Waals surface area (Å²) in [5, 5.41) is 29.6. The van der Waals surface area contributed by atoms with E-state index in [-0.39, 0.29) is 41.1 Å². The molecule has 2 heterocycles. The third-order valence-corrected chi connectivity index (χ3v) is 10.2. The summed E-state index contributed by atoms with van der Waals surface area (Å²) >= 11 is 0. The highest BCUT2D eigenvalue weighted by Gasteiger charge is 2.62. The number of rotatable bonds is 5. The highest BCUT2D eigenvalue weighted by Crippen LogP contribution is 2.58. The van der Waals surface area contributed by atoms with E-state index in [1.54, 1.807) is 26.0 Å². The Hall–Kier alpha value is -5.58. The summed E-state index contributed by atoms with van der Waals surface area (Å²) in [6, 6.07) is 14.8. The van der Waals surface area contributed by atoms with Crippen LogP contribution in [0.2, 0.25) is 0 Å². The van der Waals surface area contributed by atoms with Crippen molar-refractivity contribution in [2.75, 3.05) is 9.80 Å². The first-order valence-corrected chi connectivity index (χ1v) is 15.3. The Morgan fingerprint density at radius 3 is 1.72 bits per heavy atom. The second-order valence-corrected chi connectivity index (χ2v) is 12.8. The van der Waals surface area contributed by atoms with Crippen molar-refractivity contribution in [2.45, 2.75) is 32.6 Å². The Bertz CT molecular complexity index is 1960. The summed E-state index contributed by atoms with van der Waals surface area (Å²) in [4.78, 5) is 81.9. The van der Waals surface area contributed by atoms with E-state index in [1.165, 1.54) is 48.5 Å². The number of nitrogens with zero attached hydrogens (tertiary/aromatic N) is 2. The third-order valence-electron chi connectivity index (χ3n) is 10.2. The number of hydrogen-bond donors (Lipinski definition) is 3. The van der Waals surface area contributed by atoms with Gasteiger partial charge >= 0.3 is 11.9 Å². The smallest absolute Gasteiger partial charge is 0.335 e. The molecule has 0 radical (unpaired) electrons. The van der Waals surface area contributed by atoms with Crippen LogP contribution in [0.4, 0.5) is 11.4 Å². The van der Waals surface area contributed by atoms with Gasteiger partial charge in [-0.2, -0.15) is 0 Å². The number of allylic oxidation sites excluding steroid dienone is 2. The van der Waals surface area contributed by atoms with E-state index in [9.17, 15) is 44.1 Å². The van der Waals surface area contributed by atoms with Crippen LogP contribution in [0.1, 0.15) is 56.2 Å². The standard InChI is InChI=1S/C36H30N2O9/c1-16-11-20(12-17(2)30(16)39)27-23-9-10-24-28(33(42)37(31(24)40)21-7-3-5-18(13-21)35(44)45)25(23)15-26-29(27)34(43)38(32(26)41)22-8-4-6-19(14-22)36(46)47/h3-9,11-14,24-29,39H,10,15H2,1-2H3,(H,44,45)(H,46,47). The molecule has 3 fully saturated rings. The van der Waals surface area contributed by atoms with Crippen molar-refractivity contribution in [2.24, 2.45) is 29.6 Å². The van der Waals surface area contributed by atoms with Crippen LogP contribution < -0.4 is 9.80 Å². The molecule has 3 aromatic carbocycles. The number of amides is 4. The number of aromatic carboxylic acids is 2. The zero-order valence-corrected chi connectivity index (χ0v) is 25.4. The van der Waals surface area contributed by atoms with Gasteiger partial charge in [-0.3, -0.25) is 29.0 Å². The monoisotopic (exact) mass is 634 g/mol. The Kier molecular flexibility index (Phi) is 6.89. The summed E-state index contributed by atoms with van der Waals surface area (Å²) < 4.78 is 0. The second-order valence-electron chi connectivity index (χ2n) is 12.8. The number of aromatic hydroxyl groups is 1. The molecule has 2 aliphatic heterocycles. The van der Waals surface area contributed by atoms with Crippen molar-refractivity contribution in [1.29, 1.82) is 0 Å². The van der Waals surface area contributed by atoms with Gasteiger partial charge in [-0.1, -0.05) is 35.9 Å². The number of phenols is 1. The molecule has 2 aliphatic carbocycles. The van der Waals surface area contributed by atoms with Crippen LogP contribution in [0.5, 0.6) is 5.75 Å². The summed E-state index contributed by atoms with van der Waals surface area (Å²) in [5.74, 6) is -8.80. The van der Waals surface area contributed by atoms with E-state index in [0.29, 0.717) is 16.7 Å². The molecule has 4 amide bonds. The summed E-state index contributed by atoms with van der Waals surface area (Å²) in [6.45, 7) is 3.48. The quantitative estimate of drug-likeness (QED) is 0.271. The normalized spacial score (nSPS) is 26.6. The van der Waals surface area contributed by atoms with Gasteiger partial charge in [0.25, 0.3) is 0 Å². The van der Waals surface area contributed by atoms with Crippen molar-refractivity contribution in [3.8, 4) is 5.75 Å². The molecule has 3 aromatic rings. The van der Waals surface area contributed by atoms with E-state index in [4.69, 9.17) is 0 Å². The highest BCUT2D eigenvalue weighted by atomic mass is 16.4. The van der Waals surface area contributed by atoms with Gasteiger partial charge in [-0.25, -0.2) is 9.59 Å². The van der Waals surface area contributed by atoms with E-state index in [1.807, 2.05) is 6.08 Å². The van der Waals surface area contributed by atoms with E-state index >= 15 is 0 Å². The minimum absolute atomic E-state index is 0.0717. The fourth-order valence-corrected chi connectivity index (χ4v) is 8.20. The maximum Gasteiger partial charge on any atom is 0.335 e. The van der Waals surface area contributed by atoms with Gasteiger partial charge in [0.05, 0.1) is 46.2 Å². The number of carboxylic acids is 2. The minimum atomic E-state index is -1.21. The molecule has 7 rings (SSSR count). The molecule has 0 spiro atoms. The van der Waals surface area contributed by atoms with Gasteiger partial charge in [-0.05, 0) is 85.7 Å². The average Bonchev–Trinajstić information content (AvgIpc) is 3.45. The average molecular weight is 635 g/mol. The second kappa shape index (κ2) is 10.8. The number of anilines is 2. The molecule has 11 nitrogen and oxygen atoms in total. The first kappa shape index (κ1) is 30.1.